The Balaban J connectivity index is 3.82. The quantitative estimate of drug-likeness (QED) is 0.632. The van der Waals surface area contributed by atoms with Crippen LogP contribution in [0, 0.1) is 11.8 Å². The predicted octanol–water partition coefficient (Wildman–Crippen LogP) is 1.38. The topological polar surface area (TPSA) is 52.6 Å². The molecule has 0 fully saturated rings. The second-order valence-electron chi connectivity index (χ2n) is 3.43. The summed E-state index contributed by atoms with van der Waals surface area (Å²) >= 11 is 0. The Bertz CT molecular complexity index is 178. The van der Waals surface area contributed by atoms with Gasteiger partial charge in [-0.2, -0.15) is 0 Å². The van der Waals surface area contributed by atoms with E-state index in [0.717, 1.165) is 0 Å². The molecule has 82 valence electrons. The van der Waals surface area contributed by atoms with Crippen molar-refractivity contribution >= 4 is 11.9 Å². The highest BCUT2D eigenvalue weighted by Crippen LogP contribution is 2.14. The van der Waals surface area contributed by atoms with E-state index in [4.69, 9.17) is 0 Å². The number of rotatable bonds is 5. The first-order chi connectivity index (χ1) is 6.52. The average Bonchev–Trinajstić information content (AvgIpc) is 2.22. The molecular formula is C10H18O4. The minimum Gasteiger partial charge on any atom is -0.469 e. The van der Waals surface area contributed by atoms with Crippen molar-refractivity contribution in [1.29, 1.82) is 0 Å². The van der Waals surface area contributed by atoms with Crippen molar-refractivity contribution in [3.8, 4) is 0 Å². The van der Waals surface area contributed by atoms with Crippen LogP contribution in [0.3, 0.4) is 0 Å². The fourth-order valence-electron chi connectivity index (χ4n) is 1.14. The second-order valence-corrected chi connectivity index (χ2v) is 3.43. The molecule has 2 atom stereocenters. The monoisotopic (exact) mass is 202 g/mol. The molecule has 0 aromatic rings. The van der Waals surface area contributed by atoms with Crippen LogP contribution in [0.4, 0.5) is 0 Å². The van der Waals surface area contributed by atoms with Crippen LogP contribution >= 0.6 is 0 Å². The van der Waals surface area contributed by atoms with Gasteiger partial charge in [0.05, 0.1) is 26.1 Å². The molecule has 0 bridgehead atoms. The van der Waals surface area contributed by atoms with Crippen LogP contribution < -0.4 is 0 Å². The highest BCUT2D eigenvalue weighted by molar-refractivity contribution is 5.73. The van der Waals surface area contributed by atoms with Crippen molar-refractivity contribution in [3.63, 3.8) is 0 Å². The lowest BCUT2D eigenvalue weighted by Crippen LogP contribution is -2.17. The highest BCUT2D eigenvalue weighted by Gasteiger charge is 2.18. The predicted molar refractivity (Wildman–Crippen MR) is 51.6 cm³/mol. The second kappa shape index (κ2) is 6.40. The first kappa shape index (κ1) is 12.9. The summed E-state index contributed by atoms with van der Waals surface area (Å²) in [4.78, 5) is 22.1. The van der Waals surface area contributed by atoms with Gasteiger partial charge in [-0.15, -0.1) is 0 Å². The summed E-state index contributed by atoms with van der Waals surface area (Å²) in [6, 6.07) is 0. The van der Waals surface area contributed by atoms with Crippen molar-refractivity contribution in [2.45, 2.75) is 26.7 Å². The Morgan fingerprint density at radius 1 is 0.929 bits per heavy atom. The third-order valence-corrected chi connectivity index (χ3v) is 2.24. The molecule has 0 aromatic heterocycles. The maximum atomic E-state index is 11.0. The highest BCUT2D eigenvalue weighted by atomic mass is 16.5. The Labute approximate surface area is 84.6 Å². The van der Waals surface area contributed by atoms with Gasteiger partial charge in [-0.25, -0.2) is 0 Å². The Hall–Kier alpha value is -1.06. The van der Waals surface area contributed by atoms with Crippen LogP contribution in [-0.2, 0) is 19.1 Å². The minimum absolute atomic E-state index is 0.160. The summed E-state index contributed by atoms with van der Waals surface area (Å²) in [5, 5.41) is 0. The fourth-order valence-corrected chi connectivity index (χ4v) is 1.14. The van der Waals surface area contributed by atoms with Gasteiger partial charge in [0.25, 0.3) is 0 Å². The SMILES string of the molecule is COC(=O)C(C)CCC(C)C(=O)OC. The number of esters is 2. The molecule has 0 amide bonds. The zero-order valence-corrected chi connectivity index (χ0v) is 9.20. The molecule has 0 spiro atoms. The number of carbonyl (C=O) groups is 2. The van der Waals surface area contributed by atoms with Gasteiger partial charge < -0.3 is 9.47 Å². The maximum absolute atomic E-state index is 11.0. The van der Waals surface area contributed by atoms with Crippen molar-refractivity contribution in [3.05, 3.63) is 0 Å². The molecule has 0 aromatic carbocycles. The van der Waals surface area contributed by atoms with Gasteiger partial charge >= 0.3 is 11.9 Å². The lowest BCUT2D eigenvalue weighted by atomic mass is 9.98. The molecule has 0 N–H and O–H groups in total. The summed E-state index contributed by atoms with van der Waals surface area (Å²) in [7, 11) is 2.73. The normalized spacial score (nSPS) is 14.3. The van der Waals surface area contributed by atoms with Crippen molar-refractivity contribution < 1.29 is 19.1 Å². The van der Waals surface area contributed by atoms with E-state index in [0.29, 0.717) is 12.8 Å². The molecule has 0 aliphatic heterocycles. The van der Waals surface area contributed by atoms with Crippen LogP contribution in [0.15, 0.2) is 0 Å². The van der Waals surface area contributed by atoms with Crippen LogP contribution in [-0.4, -0.2) is 26.2 Å². The summed E-state index contributed by atoms with van der Waals surface area (Å²) < 4.78 is 9.15. The smallest absolute Gasteiger partial charge is 0.308 e. The summed E-state index contributed by atoms with van der Waals surface area (Å²) in [5.41, 5.74) is 0. The first-order valence-electron chi connectivity index (χ1n) is 4.68. The third-order valence-electron chi connectivity index (χ3n) is 2.24. The summed E-state index contributed by atoms with van der Waals surface area (Å²) in [6.45, 7) is 3.58. The lowest BCUT2D eigenvalue weighted by Gasteiger charge is -2.12. The molecule has 4 nitrogen and oxygen atoms in total. The van der Waals surface area contributed by atoms with E-state index in [1.54, 1.807) is 13.8 Å². The maximum Gasteiger partial charge on any atom is 0.308 e. The zero-order chi connectivity index (χ0) is 11.1. The van der Waals surface area contributed by atoms with Crippen LogP contribution in [0.2, 0.25) is 0 Å². The molecule has 0 saturated carbocycles. The summed E-state index contributed by atoms with van der Waals surface area (Å²) in [6.07, 6.45) is 1.28. The Morgan fingerprint density at radius 2 is 1.21 bits per heavy atom. The van der Waals surface area contributed by atoms with Gasteiger partial charge in [-0.05, 0) is 12.8 Å². The molecule has 0 radical (unpaired) electrons. The fraction of sp³-hybridized carbons (Fsp3) is 0.800. The van der Waals surface area contributed by atoms with Gasteiger partial charge in [0.1, 0.15) is 0 Å². The van der Waals surface area contributed by atoms with E-state index < -0.39 is 0 Å². The van der Waals surface area contributed by atoms with E-state index >= 15 is 0 Å². The van der Waals surface area contributed by atoms with Gasteiger partial charge in [0.15, 0.2) is 0 Å². The zero-order valence-electron chi connectivity index (χ0n) is 9.20. The van der Waals surface area contributed by atoms with E-state index in [1.807, 2.05) is 0 Å². The largest absolute Gasteiger partial charge is 0.469 e. The number of hydrogen-bond acceptors (Lipinski definition) is 4. The van der Waals surface area contributed by atoms with Gasteiger partial charge in [0.2, 0.25) is 0 Å². The number of methoxy groups -OCH3 is 2. The third kappa shape index (κ3) is 4.25. The minimum atomic E-state index is -0.234. The van der Waals surface area contributed by atoms with Crippen molar-refractivity contribution in [1.82, 2.24) is 0 Å². The van der Waals surface area contributed by atoms with Gasteiger partial charge in [-0.1, -0.05) is 13.8 Å². The first-order valence-corrected chi connectivity index (χ1v) is 4.68. The van der Waals surface area contributed by atoms with E-state index in [2.05, 4.69) is 9.47 Å². The van der Waals surface area contributed by atoms with Crippen LogP contribution in [0.5, 0.6) is 0 Å². The van der Waals surface area contributed by atoms with Crippen LogP contribution in [0.25, 0.3) is 0 Å². The van der Waals surface area contributed by atoms with Crippen molar-refractivity contribution in [2.75, 3.05) is 14.2 Å². The van der Waals surface area contributed by atoms with E-state index in [9.17, 15) is 9.59 Å². The standard InChI is InChI=1S/C10H18O4/c1-7(9(11)13-3)5-6-8(2)10(12)14-4/h7-8H,5-6H2,1-4H3. The van der Waals surface area contributed by atoms with E-state index in [-0.39, 0.29) is 23.8 Å². The molecular weight excluding hydrogens is 184 g/mol. The molecule has 0 rings (SSSR count). The Morgan fingerprint density at radius 3 is 1.43 bits per heavy atom. The van der Waals surface area contributed by atoms with Gasteiger partial charge in [-0.3, -0.25) is 9.59 Å². The number of carbonyl (C=O) groups excluding carboxylic acids is 2. The molecule has 4 heteroatoms. The Kier molecular flexibility index (Phi) is 5.92. The van der Waals surface area contributed by atoms with Crippen LogP contribution in [0.1, 0.15) is 26.7 Å². The number of hydrogen-bond donors (Lipinski definition) is 0. The van der Waals surface area contributed by atoms with Crippen molar-refractivity contribution in [2.24, 2.45) is 11.8 Å². The summed E-state index contributed by atoms with van der Waals surface area (Å²) in [5.74, 6) is -0.789. The molecule has 0 heterocycles. The molecule has 14 heavy (non-hydrogen) atoms. The van der Waals surface area contributed by atoms with E-state index in [1.165, 1.54) is 14.2 Å². The lowest BCUT2D eigenvalue weighted by molar-refractivity contribution is -0.147. The number of ether oxygens (including phenoxy) is 2. The molecule has 2 unspecified atom stereocenters. The average molecular weight is 202 g/mol. The molecule has 0 aliphatic carbocycles. The van der Waals surface area contributed by atoms with Gasteiger partial charge in [0, 0.05) is 0 Å². The molecule has 0 aliphatic rings. The molecule has 0 saturated heterocycles.